The van der Waals surface area contributed by atoms with E-state index in [4.69, 9.17) is 11.8 Å². The Bertz CT molecular complexity index is 1590. The van der Waals surface area contributed by atoms with Gasteiger partial charge in [-0.1, -0.05) is 157 Å². The van der Waals surface area contributed by atoms with Crippen molar-refractivity contribution in [3.8, 4) is 11.8 Å². The molecule has 0 aliphatic rings. The summed E-state index contributed by atoms with van der Waals surface area (Å²) in [5.74, 6) is 6.79. The summed E-state index contributed by atoms with van der Waals surface area (Å²) in [6.45, 7) is 0. The maximum atomic E-state index is 6.75. The van der Waals surface area contributed by atoms with E-state index in [2.05, 4.69) is 115 Å². The van der Waals surface area contributed by atoms with Gasteiger partial charge in [-0.05, 0) is 34.6 Å². The number of hydrogen-bond acceptors (Lipinski definition) is 1. The summed E-state index contributed by atoms with van der Waals surface area (Å²) in [5.41, 5.74) is 4.27. The van der Waals surface area contributed by atoms with E-state index in [9.17, 15) is 0 Å². The quantitative estimate of drug-likeness (QED) is 0.143. The Hall–Kier alpha value is -3.95. The molecule has 5 aromatic rings. The van der Waals surface area contributed by atoms with Gasteiger partial charge < -0.3 is 0 Å². The molecule has 0 N–H and O–H groups in total. The molecule has 0 aromatic heterocycles. The Kier molecular flexibility index (Phi) is 7.39. The largest absolute Gasteiger partial charge is 0.0825 e. The lowest BCUT2D eigenvalue weighted by molar-refractivity contribution is 1.64. The van der Waals surface area contributed by atoms with E-state index in [1.54, 1.807) is 0 Å². The monoisotopic (exact) mass is 496 g/mol. The molecule has 0 aliphatic carbocycles. The predicted octanol–water partition coefficient (Wildman–Crippen LogP) is 7.01. The third-order valence-electron chi connectivity index (χ3n) is 6.01. The molecule has 0 nitrogen and oxygen atoms in total. The summed E-state index contributed by atoms with van der Waals surface area (Å²) in [7, 11) is 0. The van der Waals surface area contributed by atoms with E-state index in [1.807, 2.05) is 48.5 Å². The van der Waals surface area contributed by atoms with Crippen LogP contribution in [-0.2, 0) is 11.8 Å². The molecule has 0 radical (unpaired) electrons. The molecule has 2 heteroatoms. The van der Waals surface area contributed by atoms with Crippen LogP contribution in [0, 0.1) is 11.8 Å². The van der Waals surface area contributed by atoms with Crippen molar-refractivity contribution in [2.75, 3.05) is 0 Å². The second-order valence-electron chi connectivity index (χ2n) is 8.38. The lowest BCUT2D eigenvalue weighted by Crippen LogP contribution is -2.28. The van der Waals surface area contributed by atoms with Crippen LogP contribution < -0.4 is 15.9 Å². The molecule has 5 aromatic carbocycles. The minimum absolute atomic E-state index is 0.982. The van der Waals surface area contributed by atoms with Gasteiger partial charge in [-0.25, -0.2) is 0 Å². The summed E-state index contributed by atoms with van der Waals surface area (Å²) in [5, 5.41) is 3.46. The highest BCUT2D eigenvalue weighted by molar-refractivity contribution is 8.25. The van der Waals surface area contributed by atoms with Gasteiger partial charge in [0.05, 0.1) is 0 Å². The summed E-state index contributed by atoms with van der Waals surface area (Å²) in [4.78, 5) is 0. The van der Waals surface area contributed by atoms with Gasteiger partial charge in [0.2, 0.25) is 0 Å². The molecule has 1 atom stereocenters. The molecule has 172 valence electrons. The van der Waals surface area contributed by atoms with Crippen LogP contribution in [-0.4, -0.2) is 0 Å². The van der Waals surface area contributed by atoms with Crippen LogP contribution in [0.5, 0.6) is 0 Å². The second-order valence-corrected chi connectivity index (χ2v) is 12.7. The molecule has 36 heavy (non-hydrogen) atoms. The zero-order valence-electron chi connectivity index (χ0n) is 19.8. The smallest absolute Gasteiger partial charge is 0.0397 e. The van der Waals surface area contributed by atoms with Gasteiger partial charge in [-0.15, -0.1) is 0 Å². The van der Waals surface area contributed by atoms with Crippen molar-refractivity contribution in [1.82, 2.24) is 0 Å². The summed E-state index contributed by atoms with van der Waals surface area (Å²) >= 11 is 6.75. The van der Waals surface area contributed by atoms with E-state index in [0.29, 0.717) is 0 Å². The van der Waals surface area contributed by atoms with E-state index < -0.39 is 6.04 Å². The van der Waals surface area contributed by atoms with Gasteiger partial charge >= 0.3 is 0 Å². The van der Waals surface area contributed by atoms with E-state index in [0.717, 1.165) is 32.9 Å². The Morgan fingerprint density at radius 2 is 1.06 bits per heavy atom. The Labute approximate surface area is 219 Å². The Balaban J connectivity index is 1.70. The van der Waals surface area contributed by atoms with Crippen LogP contribution >= 0.6 is 6.04 Å². The normalized spacial score (nSPS) is 12.4. The number of benzene rings is 5. The fourth-order valence-electron chi connectivity index (χ4n) is 4.23. The van der Waals surface area contributed by atoms with E-state index in [1.165, 1.54) is 5.30 Å². The number of hydrogen-bond donors (Lipinski definition) is 0. The first-order valence-electron chi connectivity index (χ1n) is 11.9. The average molecular weight is 497 g/mol. The van der Waals surface area contributed by atoms with Crippen LogP contribution in [0.3, 0.4) is 0 Å². The average Bonchev–Trinajstić information content (AvgIpc) is 2.96. The van der Waals surface area contributed by atoms with Crippen molar-refractivity contribution < 1.29 is 0 Å². The first-order valence-corrected chi connectivity index (χ1v) is 14.7. The van der Waals surface area contributed by atoms with Crippen molar-refractivity contribution in [2.24, 2.45) is 0 Å². The third kappa shape index (κ3) is 5.17. The van der Waals surface area contributed by atoms with Crippen LogP contribution in [0.2, 0.25) is 0 Å². The van der Waals surface area contributed by atoms with Gasteiger partial charge in [-0.3, -0.25) is 0 Å². The molecule has 0 amide bonds. The Morgan fingerprint density at radius 1 is 0.500 bits per heavy atom. The maximum absolute atomic E-state index is 6.75. The lowest BCUT2D eigenvalue weighted by atomic mass is 10.1. The molecule has 1 unspecified atom stereocenters. The zero-order chi connectivity index (χ0) is 24.6. The molecule has 0 saturated carbocycles. The van der Waals surface area contributed by atoms with Gasteiger partial charge in [0.1, 0.15) is 0 Å². The van der Waals surface area contributed by atoms with Gasteiger partial charge in [0, 0.05) is 27.8 Å². The molecule has 0 saturated heterocycles. The summed E-state index contributed by atoms with van der Waals surface area (Å²) in [6.07, 6.45) is 4.34. The van der Waals surface area contributed by atoms with Gasteiger partial charge in [-0.2, -0.15) is 0 Å². The van der Waals surface area contributed by atoms with Crippen LogP contribution in [0.1, 0.15) is 22.3 Å². The molecular weight excluding hydrogens is 471 g/mol. The summed E-state index contributed by atoms with van der Waals surface area (Å²) in [6, 6.07) is 45.5. The molecule has 5 rings (SSSR count). The van der Waals surface area contributed by atoms with Crippen molar-refractivity contribution in [2.45, 2.75) is 0 Å². The van der Waals surface area contributed by atoms with Crippen molar-refractivity contribution in [1.29, 1.82) is 0 Å². The fourth-order valence-corrected chi connectivity index (χ4v) is 8.55. The van der Waals surface area contributed by atoms with Crippen LogP contribution in [0.4, 0.5) is 0 Å². The van der Waals surface area contributed by atoms with Gasteiger partial charge in [0.25, 0.3) is 0 Å². The molecule has 0 fully saturated rings. The summed E-state index contributed by atoms with van der Waals surface area (Å²) < 4.78 is 0. The SMILES string of the molecule is S=P(c1ccccc1)(c1ccccc1C#Cc1ccccc1)c1ccccc1/C=C/c1ccccc1. The fraction of sp³-hybridized carbons (Fsp3) is 0. The Morgan fingerprint density at radius 3 is 1.78 bits per heavy atom. The van der Waals surface area contributed by atoms with E-state index >= 15 is 0 Å². The second kappa shape index (κ2) is 11.2. The first-order chi connectivity index (χ1) is 17.7. The zero-order valence-corrected chi connectivity index (χ0v) is 21.5. The van der Waals surface area contributed by atoms with Crippen LogP contribution in [0.25, 0.3) is 12.2 Å². The topological polar surface area (TPSA) is 0 Å². The number of rotatable bonds is 5. The van der Waals surface area contributed by atoms with Crippen LogP contribution in [0.15, 0.2) is 140 Å². The van der Waals surface area contributed by atoms with E-state index in [-0.39, 0.29) is 0 Å². The molecule has 0 bridgehead atoms. The standard InChI is InChI=1S/C34H25PS/c36-35(32-20-8-3-9-21-32,33-22-12-10-18-30(33)26-24-28-14-4-1-5-15-28)34-23-13-11-19-31(34)27-25-29-16-6-2-7-17-29/h1-24,26H/b26-24+. The molecule has 0 spiro atoms. The first kappa shape index (κ1) is 23.8. The molecule has 0 aliphatic heterocycles. The predicted molar refractivity (Wildman–Crippen MR) is 160 cm³/mol. The molecule has 0 heterocycles. The van der Waals surface area contributed by atoms with Crippen molar-refractivity contribution in [3.63, 3.8) is 0 Å². The van der Waals surface area contributed by atoms with Crippen molar-refractivity contribution in [3.05, 3.63) is 162 Å². The maximum Gasteiger partial charge on any atom is 0.0397 e. The van der Waals surface area contributed by atoms with Crippen molar-refractivity contribution >= 4 is 45.9 Å². The highest BCUT2D eigenvalue weighted by atomic mass is 32.4. The minimum atomic E-state index is -2.41. The minimum Gasteiger partial charge on any atom is -0.0825 e. The molecular formula is C34H25PS. The highest BCUT2D eigenvalue weighted by Gasteiger charge is 2.28. The highest BCUT2D eigenvalue weighted by Crippen LogP contribution is 2.45. The van der Waals surface area contributed by atoms with Gasteiger partial charge in [0.15, 0.2) is 0 Å². The lowest BCUT2D eigenvalue weighted by Gasteiger charge is -2.27. The third-order valence-corrected chi connectivity index (χ3v) is 11.0.